The predicted octanol–water partition coefficient (Wildman–Crippen LogP) is 2.92. The molecule has 4 nitrogen and oxygen atoms in total. The van der Waals surface area contributed by atoms with Crippen molar-refractivity contribution in [1.82, 2.24) is 0 Å². The highest BCUT2D eigenvalue weighted by atomic mass is 16.5. The highest BCUT2D eigenvalue weighted by Gasteiger charge is 2.59. The van der Waals surface area contributed by atoms with Gasteiger partial charge in [0, 0.05) is 0 Å². The van der Waals surface area contributed by atoms with Gasteiger partial charge < -0.3 is 14.9 Å². The molecule has 3 fully saturated rings. The first-order chi connectivity index (χ1) is 10.6. The van der Waals surface area contributed by atoms with Crippen molar-refractivity contribution < 1.29 is 19.7 Å². The van der Waals surface area contributed by atoms with E-state index in [-0.39, 0.29) is 41.3 Å². The van der Waals surface area contributed by atoms with Gasteiger partial charge in [-0.25, -0.2) is 0 Å². The molecule has 4 atom stereocenters. The van der Waals surface area contributed by atoms with Gasteiger partial charge in [-0.05, 0) is 54.9 Å². The largest absolute Gasteiger partial charge is 0.511 e. The van der Waals surface area contributed by atoms with Crippen molar-refractivity contribution in [3.05, 3.63) is 35.1 Å². The summed E-state index contributed by atoms with van der Waals surface area (Å²) in [4.78, 5) is 12.9. The van der Waals surface area contributed by atoms with Crippen molar-refractivity contribution in [1.29, 1.82) is 0 Å². The van der Waals surface area contributed by atoms with Crippen LogP contribution >= 0.6 is 0 Å². The first-order valence-electron chi connectivity index (χ1n) is 8.11. The molecule has 0 radical (unpaired) electrons. The molecule has 114 valence electrons. The molecule has 1 aromatic carbocycles. The number of benzene rings is 1. The second kappa shape index (κ2) is 4.13. The van der Waals surface area contributed by atoms with Crippen LogP contribution in [0.1, 0.15) is 42.7 Å². The van der Waals surface area contributed by atoms with Gasteiger partial charge in [0.2, 0.25) is 0 Å². The number of carbonyl (C=O) groups is 1. The van der Waals surface area contributed by atoms with Crippen LogP contribution in [0.3, 0.4) is 0 Å². The molecular weight excluding hydrogens is 280 g/mol. The predicted molar refractivity (Wildman–Crippen MR) is 79.5 cm³/mol. The Hall–Kier alpha value is -1.81. The zero-order chi connectivity index (χ0) is 15.0. The molecule has 2 bridgehead atoms. The Bertz CT molecular complexity index is 716. The van der Waals surface area contributed by atoms with Crippen molar-refractivity contribution in [2.24, 2.45) is 11.8 Å². The normalized spacial score (nSPS) is 36.3. The van der Waals surface area contributed by atoms with E-state index in [1.54, 1.807) is 12.1 Å². The van der Waals surface area contributed by atoms with Gasteiger partial charge in [0.15, 0.2) is 5.78 Å². The topological polar surface area (TPSA) is 66.8 Å². The second-order valence-corrected chi connectivity index (χ2v) is 7.01. The molecule has 22 heavy (non-hydrogen) atoms. The lowest BCUT2D eigenvalue weighted by atomic mass is 9.80. The average molecular weight is 298 g/mol. The quantitative estimate of drug-likeness (QED) is 0.881. The molecule has 2 N–H and O–H groups in total. The third kappa shape index (κ3) is 1.53. The third-order valence-corrected chi connectivity index (χ3v) is 5.72. The minimum absolute atomic E-state index is 0.00204. The molecule has 2 saturated heterocycles. The van der Waals surface area contributed by atoms with Gasteiger partial charge in [0.1, 0.15) is 11.5 Å². The van der Waals surface area contributed by atoms with E-state index in [1.807, 2.05) is 6.07 Å². The molecule has 0 aromatic heterocycles. The molecule has 2 heterocycles. The molecule has 1 aromatic rings. The van der Waals surface area contributed by atoms with Gasteiger partial charge in [-0.2, -0.15) is 0 Å². The van der Waals surface area contributed by atoms with Crippen LogP contribution in [0.4, 0.5) is 0 Å². The first-order valence-corrected chi connectivity index (χ1v) is 8.11. The van der Waals surface area contributed by atoms with E-state index in [0.717, 1.165) is 36.8 Å². The molecular formula is C18H18O4. The molecule has 0 amide bonds. The van der Waals surface area contributed by atoms with Gasteiger partial charge in [-0.15, -0.1) is 0 Å². The number of hydrogen-bond acceptors (Lipinski definition) is 4. The average Bonchev–Trinajstić information content (AvgIpc) is 3.03. The highest BCUT2D eigenvalue weighted by Crippen LogP contribution is 2.55. The van der Waals surface area contributed by atoms with Crippen LogP contribution in [-0.2, 0) is 9.53 Å². The number of phenolic OH excluding ortho intramolecular Hbond substituents is 1. The van der Waals surface area contributed by atoms with Crippen molar-refractivity contribution >= 4 is 11.4 Å². The number of ether oxygens (including phenoxy) is 1. The lowest BCUT2D eigenvalue weighted by Gasteiger charge is -2.19. The third-order valence-electron chi connectivity index (χ3n) is 5.72. The summed E-state index contributed by atoms with van der Waals surface area (Å²) >= 11 is 0. The minimum atomic E-state index is -0.219. The van der Waals surface area contributed by atoms with Crippen LogP contribution < -0.4 is 0 Å². The summed E-state index contributed by atoms with van der Waals surface area (Å²) in [6.07, 6.45) is 4.00. The lowest BCUT2D eigenvalue weighted by molar-refractivity contribution is -0.118. The van der Waals surface area contributed by atoms with Crippen LogP contribution in [-0.4, -0.2) is 28.2 Å². The van der Waals surface area contributed by atoms with Gasteiger partial charge in [0.25, 0.3) is 0 Å². The SMILES string of the molecule is O=C1C(c2cc(O)ccc2C2CC2)=C(O)C2C3CCC(O3)C12. The van der Waals surface area contributed by atoms with Gasteiger partial charge in [0.05, 0.1) is 29.6 Å². The minimum Gasteiger partial charge on any atom is -0.511 e. The van der Waals surface area contributed by atoms with Gasteiger partial charge in [-0.3, -0.25) is 4.79 Å². The van der Waals surface area contributed by atoms with Crippen molar-refractivity contribution in [2.75, 3.05) is 0 Å². The molecule has 1 saturated carbocycles. The van der Waals surface area contributed by atoms with Crippen molar-refractivity contribution in [3.63, 3.8) is 0 Å². The number of rotatable bonds is 2. The highest BCUT2D eigenvalue weighted by molar-refractivity contribution is 6.25. The number of hydrogen-bond donors (Lipinski definition) is 2. The Morgan fingerprint density at radius 1 is 1.00 bits per heavy atom. The maximum absolute atomic E-state index is 12.9. The monoisotopic (exact) mass is 298 g/mol. The number of Topliss-reactive ketones (excluding diaryl/α,β-unsaturated/α-hetero) is 1. The number of fused-ring (bicyclic) bond motifs is 5. The fraction of sp³-hybridized carbons (Fsp3) is 0.500. The zero-order valence-corrected chi connectivity index (χ0v) is 12.2. The van der Waals surface area contributed by atoms with E-state index in [9.17, 15) is 15.0 Å². The summed E-state index contributed by atoms with van der Waals surface area (Å²) in [6, 6.07) is 5.21. The van der Waals surface area contributed by atoms with Gasteiger partial charge >= 0.3 is 0 Å². The summed E-state index contributed by atoms with van der Waals surface area (Å²) in [5.74, 6) is 0.400. The Morgan fingerprint density at radius 2 is 1.73 bits per heavy atom. The molecule has 4 heteroatoms. The zero-order valence-electron chi connectivity index (χ0n) is 12.2. The van der Waals surface area contributed by atoms with Crippen LogP contribution in [0.15, 0.2) is 24.0 Å². The fourth-order valence-electron chi connectivity index (χ4n) is 4.60. The molecule has 4 aliphatic rings. The van der Waals surface area contributed by atoms with Crippen molar-refractivity contribution in [2.45, 2.75) is 43.8 Å². The van der Waals surface area contributed by atoms with E-state index in [0.29, 0.717) is 11.5 Å². The van der Waals surface area contributed by atoms with Crippen LogP contribution in [0.2, 0.25) is 0 Å². The van der Waals surface area contributed by atoms with E-state index >= 15 is 0 Å². The Kier molecular flexibility index (Phi) is 2.39. The van der Waals surface area contributed by atoms with E-state index in [1.165, 1.54) is 0 Å². The number of aliphatic hydroxyl groups is 1. The maximum Gasteiger partial charge on any atom is 0.173 e. The first kappa shape index (κ1) is 12.7. The summed E-state index contributed by atoms with van der Waals surface area (Å²) < 4.78 is 5.81. The summed E-state index contributed by atoms with van der Waals surface area (Å²) in [7, 11) is 0. The number of aromatic hydroxyl groups is 1. The van der Waals surface area contributed by atoms with Crippen LogP contribution in [0.5, 0.6) is 5.75 Å². The standard InChI is InChI=1S/C18H18O4/c19-9-3-4-10(8-1-2-8)11(7-9)14-17(20)15-12-5-6-13(22-12)16(15)18(14)21/h3-4,7-8,12-13,15-16,19-20H,1-2,5-6H2. The number of carbonyl (C=O) groups excluding carboxylic acids is 1. The summed E-state index contributed by atoms with van der Waals surface area (Å²) in [6.45, 7) is 0. The van der Waals surface area contributed by atoms with Crippen LogP contribution in [0.25, 0.3) is 5.57 Å². The van der Waals surface area contributed by atoms with Gasteiger partial charge in [-0.1, -0.05) is 6.07 Å². The molecule has 5 rings (SSSR count). The Morgan fingerprint density at radius 3 is 2.41 bits per heavy atom. The number of aliphatic hydroxyl groups excluding tert-OH is 1. The number of allylic oxidation sites excluding steroid dienone is 1. The smallest absolute Gasteiger partial charge is 0.173 e. The molecule has 2 aliphatic heterocycles. The van der Waals surface area contributed by atoms with E-state index < -0.39 is 0 Å². The van der Waals surface area contributed by atoms with Crippen LogP contribution in [0, 0.1) is 11.8 Å². The van der Waals surface area contributed by atoms with E-state index in [4.69, 9.17) is 4.74 Å². The number of ketones is 1. The number of phenols is 1. The fourth-order valence-corrected chi connectivity index (χ4v) is 4.60. The molecule has 4 unspecified atom stereocenters. The van der Waals surface area contributed by atoms with E-state index in [2.05, 4.69) is 0 Å². The maximum atomic E-state index is 12.9. The molecule has 0 spiro atoms. The molecule has 2 aliphatic carbocycles. The summed E-state index contributed by atoms with van der Waals surface area (Å²) in [5.41, 5.74) is 2.26. The van der Waals surface area contributed by atoms with Crippen molar-refractivity contribution in [3.8, 4) is 5.75 Å². The summed E-state index contributed by atoms with van der Waals surface area (Å²) in [5, 5.41) is 20.6. The second-order valence-electron chi connectivity index (χ2n) is 7.01. The Labute approximate surface area is 128 Å². The Balaban J connectivity index is 1.66. The lowest BCUT2D eigenvalue weighted by Crippen LogP contribution is -2.29.